The zero-order valence-corrected chi connectivity index (χ0v) is 19.5. The van der Waals surface area contributed by atoms with E-state index in [-0.39, 0.29) is 16.6 Å². The standard InChI is InChI=1S/C23H26N2O5S2/c1-18-5-9-20(10-6-18)25(21-13-16-31(27,28)17-21)23(26)19-7-11-22(12-8-19)32(29,30)24-14-3-2-4-15-24/h5-13,16,21H,2-4,14-15,17H2,1H3/t21-/m1/s1. The molecule has 0 aliphatic carbocycles. The van der Waals surface area contributed by atoms with Gasteiger partial charge < -0.3 is 4.90 Å². The van der Waals surface area contributed by atoms with Crippen LogP contribution in [0, 0.1) is 6.92 Å². The molecule has 1 amide bonds. The fraction of sp³-hybridized carbons (Fsp3) is 0.348. The van der Waals surface area contributed by atoms with E-state index in [9.17, 15) is 21.6 Å². The Labute approximate surface area is 189 Å². The van der Waals surface area contributed by atoms with E-state index in [1.807, 2.05) is 19.1 Å². The van der Waals surface area contributed by atoms with Crippen molar-refractivity contribution in [1.82, 2.24) is 4.31 Å². The molecule has 2 aliphatic rings. The third kappa shape index (κ3) is 4.65. The molecule has 0 N–H and O–H groups in total. The summed E-state index contributed by atoms with van der Waals surface area (Å²) in [6.07, 6.45) is 4.24. The van der Waals surface area contributed by atoms with E-state index in [4.69, 9.17) is 0 Å². The Hall–Kier alpha value is -2.49. The summed E-state index contributed by atoms with van der Waals surface area (Å²) in [7, 11) is -6.96. The smallest absolute Gasteiger partial charge is 0.258 e. The molecule has 7 nitrogen and oxygen atoms in total. The summed E-state index contributed by atoms with van der Waals surface area (Å²) in [5, 5.41) is 1.14. The van der Waals surface area contributed by atoms with Crippen LogP contribution in [0.5, 0.6) is 0 Å². The van der Waals surface area contributed by atoms with E-state index in [0.717, 1.165) is 30.2 Å². The van der Waals surface area contributed by atoms with Gasteiger partial charge in [-0.15, -0.1) is 0 Å². The minimum atomic E-state index is -3.59. The van der Waals surface area contributed by atoms with Crippen LogP contribution in [-0.4, -0.2) is 51.9 Å². The zero-order chi connectivity index (χ0) is 22.9. The second kappa shape index (κ2) is 8.80. The van der Waals surface area contributed by atoms with Crippen LogP contribution in [0.4, 0.5) is 5.69 Å². The molecule has 9 heteroatoms. The van der Waals surface area contributed by atoms with Crippen molar-refractivity contribution in [1.29, 1.82) is 0 Å². The van der Waals surface area contributed by atoms with Gasteiger partial charge in [0, 0.05) is 29.7 Å². The second-order valence-electron chi connectivity index (χ2n) is 8.23. The Bertz CT molecular complexity index is 1230. The van der Waals surface area contributed by atoms with Crippen molar-refractivity contribution < 1.29 is 21.6 Å². The molecule has 2 heterocycles. The molecule has 0 bridgehead atoms. The molecule has 1 atom stereocenters. The number of rotatable bonds is 5. The minimum Gasteiger partial charge on any atom is -0.300 e. The van der Waals surface area contributed by atoms with Crippen LogP contribution in [0.25, 0.3) is 0 Å². The number of hydrogen-bond acceptors (Lipinski definition) is 5. The van der Waals surface area contributed by atoms with E-state index in [1.165, 1.54) is 39.5 Å². The number of sulfone groups is 1. The fourth-order valence-electron chi connectivity index (χ4n) is 4.05. The normalized spacial score (nSPS) is 20.8. The highest BCUT2D eigenvalue weighted by atomic mass is 32.2. The summed E-state index contributed by atoms with van der Waals surface area (Å²) in [5.74, 6) is -0.573. The van der Waals surface area contributed by atoms with Gasteiger partial charge in [-0.1, -0.05) is 24.1 Å². The Kier molecular flexibility index (Phi) is 6.24. The molecule has 4 rings (SSSR count). The van der Waals surface area contributed by atoms with Crippen molar-refractivity contribution in [2.45, 2.75) is 37.1 Å². The van der Waals surface area contributed by atoms with Gasteiger partial charge in [-0.3, -0.25) is 4.79 Å². The van der Waals surface area contributed by atoms with Gasteiger partial charge in [-0.05, 0) is 62.2 Å². The van der Waals surface area contributed by atoms with Crippen molar-refractivity contribution in [3.63, 3.8) is 0 Å². The molecule has 170 valence electrons. The predicted octanol–water partition coefficient (Wildman–Crippen LogP) is 3.13. The first-order valence-electron chi connectivity index (χ1n) is 10.6. The largest absolute Gasteiger partial charge is 0.300 e. The third-order valence-corrected chi connectivity index (χ3v) is 9.12. The molecule has 2 aromatic carbocycles. The van der Waals surface area contributed by atoms with Crippen LogP contribution in [-0.2, 0) is 19.9 Å². The lowest BCUT2D eigenvalue weighted by atomic mass is 10.1. The van der Waals surface area contributed by atoms with E-state index in [2.05, 4.69) is 0 Å². The molecule has 32 heavy (non-hydrogen) atoms. The number of carbonyl (C=O) groups excluding carboxylic acids is 1. The second-order valence-corrected chi connectivity index (χ2v) is 12.1. The van der Waals surface area contributed by atoms with Crippen molar-refractivity contribution in [3.8, 4) is 0 Å². The number of amides is 1. The number of nitrogens with zero attached hydrogens (tertiary/aromatic N) is 2. The zero-order valence-electron chi connectivity index (χ0n) is 17.8. The summed E-state index contributed by atoms with van der Waals surface area (Å²) in [4.78, 5) is 15.0. The SMILES string of the molecule is Cc1ccc(N(C(=O)c2ccc(S(=O)(=O)N3CCCCC3)cc2)[C@@H]2C=CS(=O)(=O)C2)cc1. The Morgan fingerprint density at radius 3 is 2.16 bits per heavy atom. The van der Waals surface area contributed by atoms with Gasteiger partial charge in [0.1, 0.15) is 0 Å². The van der Waals surface area contributed by atoms with Gasteiger partial charge >= 0.3 is 0 Å². The van der Waals surface area contributed by atoms with Gasteiger partial charge in [0.15, 0.2) is 9.84 Å². The first kappa shape index (κ1) is 22.7. The van der Waals surface area contributed by atoms with Crippen molar-refractivity contribution in [3.05, 3.63) is 71.1 Å². The van der Waals surface area contributed by atoms with Crippen molar-refractivity contribution in [2.75, 3.05) is 23.7 Å². The van der Waals surface area contributed by atoms with Crippen LogP contribution < -0.4 is 4.90 Å². The number of hydrogen-bond donors (Lipinski definition) is 0. The number of piperidine rings is 1. The van der Waals surface area contributed by atoms with Crippen molar-refractivity contribution >= 4 is 31.5 Å². The first-order valence-corrected chi connectivity index (χ1v) is 13.7. The van der Waals surface area contributed by atoms with Crippen LogP contribution in [0.15, 0.2) is 64.9 Å². The number of carbonyl (C=O) groups is 1. The average Bonchev–Trinajstić information content (AvgIpc) is 3.15. The number of anilines is 1. The quantitative estimate of drug-likeness (QED) is 0.664. The maximum atomic E-state index is 13.4. The molecule has 0 radical (unpaired) electrons. The molecular weight excluding hydrogens is 448 g/mol. The highest BCUT2D eigenvalue weighted by molar-refractivity contribution is 7.94. The summed E-state index contributed by atoms with van der Waals surface area (Å²) < 4.78 is 51.3. The molecule has 2 aromatic rings. The Balaban J connectivity index is 1.64. The number of aryl methyl sites for hydroxylation is 1. The number of benzene rings is 2. The minimum absolute atomic E-state index is 0.154. The van der Waals surface area contributed by atoms with Gasteiger partial charge in [-0.25, -0.2) is 16.8 Å². The van der Waals surface area contributed by atoms with Crippen molar-refractivity contribution in [2.24, 2.45) is 0 Å². The Morgan fingerprint density at radius 1 is 0.969 bits per heavy atom. The topological polar surface area (TPSA) is 91.8 Å². The van der Waals surface area contributed by atoms with Crippen LogP contribution in [0.3, 0.4) is 0 Å². The lowest BCUT2D eigenvalue weighted by Crippen LogP contribution is -2.41. The highest BCUT2D eigenvalue weighted by Gasteiger charge is 2.32. The summed E-state index contributed by atoms with van der Waals surface area (Å²) in [6.45, 7) is 2.94. The molecule has 0 spiro atoms. The number of sulfonamides is 1. The molecule has 0 unspecified atom stereocenters. The van der Waals surface area contributed by atoms with Gasteiger partial charge in [0.2, 0.25) is 10.0 Å². The highest BCUT2D eigenvalue weighted by Crippen LogP contribution is 2.27. The molecule has 1 fully saturated rings. The first-order chi connectivity index (χ1) is 15.2. The summed E-state index contributed by atoms with van der Waals surface area (Å²) in [5.41, 5.74) is 1.89. The monoisotopic (exact) mass is 474 g/mol. The van der Waals surface area contributed by atoms with Crippen LogP contribution in [0.1, 0.15) is 35.2 Å². The molecule has 0 saturated carbocycles. The fourth-order valence-corrected chi connectivity index (χ4v) is 6.83. The predicted molar refractivity (Wildman–Crippen MR) is 124 cm³/mol. The molecule has 1 saturated heterocycles. The summed E-state index contributed by atoms with van der Waals surface area (Å²) >= 11 is 0. The third-order valence-electron chi connectivity index (χ3n) is 5.83. The van der Waals surface area contributed by atoms with Gasteiger partial charge in [-0.2, -0.15) is 4.31 Å². The lowest BCUT2D eigenvalue weighted by Gasteiger charge is -2.28. The maximum absolute atomic E-state index is 13.4. The van der Waals surface area contributed by atoms with Crippen LogP contribution in [0.2, 0.25) is 0 Å². The lowest BCUT2D eigenvalue weighted by molar-refractivity contribution is 0.0983. The maximum Gasteiger partial charge on any atom is 0.258 e. The summed E-state index contributed by atoms with van der Waals surface area (Å²) in [6, 6.07) is 12.5. The van der Waals surface area contributed by atoms with E-state index < -0.39 is 25.9 Å². The van der Waals surface area contributed by atoms with Gasteiger partial charge in [0.05, 0.1) is 16.7 Å². The molecular formula is C23H26N2O5S2. The van der Waals surface area contributed by atoms with E-state index >= 15 is 0 Å². The average molecular weight is 475 g/mol. The Morgan fingerprint density at radius 2 is 1.59 bits per heavy atom. The molecule has 2 aliphatic heterocycles. The van der Waals surface area contributed by atoms with E-state index in [1.54, 1.807) is 12.1 Å². The molecule has 0 aromatic heterocycles. The van der Waals surface area contributed by atoms with E-state index in [0.29, 0.717) is 24.3 Å². The van der Waals surface area contributed by atoms with Crippen LogP contribution >= 0.6 is 0 Å². The van der Waals surface area contributed by atoms with Gasteiger partial charge in [0.25, 0.3) is 5.91 Å².